The molecule has 0 bridgehead atoms. The van der Waals surface area contributed by atoms with Crippen molar-refractivity contribution in [2.75, 3.05) is 0 Å². The minimum atomic E-state index is -2.47. The molecule has 0 heterocycles. The molecule has 1 atom stereocenters. The van der Waals surface area contributed by atoms with Crippen LogP contribution in [0.5, 0.6) is 0 Å². The fourth-order valence-electron chi connectivity index (χ4n) is 1.16. The molecule has 0 aromatic carbocycles. The lowest BCUT2D eigenvalue weighted by molar-refractivity contribution is -0.209. The first-order valence-electron chi connectivity index (χ1n) is 4.22. The lowest BCUT2D eigenvalue weighted by Gasteiger charge is -2.27. The van der Waals surface area contributed by atoms with Crippen LogP contribution in [0.4, 0.5) is 0 Å². The summed E-state index contributed by atoms with van der Waals surface area (Å²) in [5, 5.41) is 34.7. The van der Waals surface area contributed by atoms with Gasteiger partial charge in [0.25, 0.3) is 0 Å². The van der Waals surface area contributed by atoms with Gasteiger partial charge in [-0.3, -0.25) is 9.59 Å². The van der Waals surface area contributed by atoms with E-state index < -0.39 is 42.6 Å². The molecule has 16 heavy (non-hydrogen) atoms. The van der Waals surface area contributed by atoms with E-state index in [0.717, 1.165) is 6.92 Å². The van der Waals surface area contributed by atoms with Crippen molar-refractivity contribution in [1.82, 2.24) is 0 Å². The first-order chi connectivity index (χ1) is 7.19. The highest BCUT2D eigenvalue weighted by molar-refractivity contribution is 5.88. The third-order valence-corrected chi connectivity index (χ3v) is 1.66. The molecule has 0 spiro atoms. The average molecular weight is 236 g/mol. The number of hydrogen-bond donors (Lipinski definition) is 4. The molecule has 0 saturated carbocycles. The molecule has 8 nitrogen and oxygen atoms in total. The number of aliphatic hydroxyl groups excluding tert-OH is 1. The third kappa shape index (κ3) is 4.24. The van der Waals surface area contributed by atoms with E-state index in [1.807, 2.05) is 0 Å². The van der Waals surface area contributed by atoms with Gasteiger partial charge in [0.2, 0.25) is 0 Å². The molecule has 4 N–H and O–H groups in total. The standard InChI is InChI=1S/C8H12O8/c1-4(9)16-8(7(14)15,2-5(10)11)3-6(12)13/h4,9H,2-3H2,1H3,(H,10,11)(H,12,13)(H,14,15). The predicted molar refractivity (Wildman–Crippen MR) is 47.6 cm³/mol. The minimum absolute atomic E-state index is 1.06. The normalized spacial score (nSPS) is 13.1. The maximum atomic E-state index is 10.9. The number of carbonyl (C=O) groups is 3. The van der Waals surface area contributed by atoms with Crippen molar-refractivity contribution >= 4 is 17.9 Å². The number of rotatable bonds is 7. The van der Waals surface area contributed by atoms with Gasteiger partial charge in [-0.1, -0.05) is 0 Å². The van der Waals surface area contributed by atoms with Gasteiger partial charge in [0.05, 0.1) is 12.8 Å². The molecule has 0 rings (SSSR count). The number of aliphatic carboxylic acids is 3. The zero-order valence-electron chi connectivity index (χ0n) is 8.41. The van der Waals surface area contributed by atoms with Crippen LogP contribution >= 0.6 is 0 Å². The Balaban J connectivity index is 5.11. The van der Waals surface area contributed by atoms with Gasteiger partial charge in [-0.05, 0) is 6.92 Å². The molecule has 0 aromatic heterocycles. The molecule has 0 aliphatic carbocycles. The van der Waals surface area contributed by atoms with Gasteiger partial charge in [0.1, 0.15) is 0 Å². The molecular weight excluding hydrogens is 224 g/mol. The second kappa shape index (κ2) is 5.42. The minimum Gasteiger partial charge on any atom is -0.481 e. The monoisotopic (exact) mass is 236 g/mol. The molecule has 0 amide bonds. The average Bonchev–Trinajstić information content (AvgIpc) is 1.98. The number of ether oxygens (including phenoxy) is 1. The summed E-state index contributed by atoms with van der Waals surface area (Å²) in [6, 6.07) is 0. The van der Waals surface area contributed by atoms with E-state index >= 15 is 0 Å². The van der Waals surface area contributed by atoms with Gasteiger partial charge in [-0.2, -0.15) is 0 Å². The number of carboxylic acids is 3. The predicted octanol–water partition coefficient (Wildman–Crippen LogP) is -0.886. The van der Waals surface area contributed by atoms with Crippen LogP contribution in [0.25, 0.3) is 0 Å². The Morgan fingerprint density at radius 2 is 1.50 bits per heavy atom. The van der Waals surface area contributed by atoms with Crippen molar-refractivity contribution in [2.24, 2.45) is 0 Å². The summed E-state index contributed by atoms with van der Waals surface area (Å²) in [7, 11) is 0. The molecule has 0 saturated heterocycles. The fraction of sp³-hybridized carbons (Fsp3) is 0.625. The Morgan fingerprint density at radius 1 is 1.12 bits per heavy atom. The van der Waals surface area contributed by atoms with Crippen molar-refractivity contribution in [3.05, 3.63) is 0 Å². The SMILES string of the molecule is CC(O)OC(CC(=O)O)(CC(=O)O)C(=O)O. The van der Waals surface area contributed by atoms with Gasteiger partial charge in [0, 0.05) is 0 Å². The maximum absolute atomic E-state index is 10.9. The van der Waals surface area contributed by atoms with Crippen molar-refractivity contribution in [1.29, 1.82) is 0 Å². The first-order valence-corrected chi connectivity index (χ1v) is 4.22. The van der Waals surface area contributed by atoms with E-state index in [1.165, 1.54) is 0 Å². The topological polar surface area (TPSA) is 141 Å². The van der Waals surface area contributed by atoms with Gasteiger partial charge in [-0.15, -0.1) is 0 Å². The lowest BCUT2D eigenvalue weighted by Crippen LogP contribution is -2.47. The Kier molecular flexibility index (Phi) is 4.86. The molecular formula is C8H12O8. The van der Waals surface area contributed by atoms with Crippen LogP contribution in [0.1, 0.15) is 19.8 Å². The molecule has 92 valence electrons. The van der Waals surface area contributed by atoms with E-state index in [0.29, 0.717) is 0 Å². The van der Waals surface area contributed by atoms with Crippen LogP contribution in [0.2, 0.25) is 0 Å². The van der Waals surface area contributed by atoms with Crippen LogP contribution in [0.3, 0.4) is 0 Å². The van der Waals surface area contributed by atoms with E-state index in [4.69, 9.17) is 20.4 Å². The quantitative estimate of drug-likeness (QED) is 0.417. The van der Waals surface area contributed by atoms with Crippen molar-refractivity contribution in [3.63, 3.8) is 0 Å². The van der Waals surface area contributed by atoms with Crippen LogP contribution in [0.15, 0.2) is 0 Å². The Bertz CT molecular complexity index is 278. The van der Waals surface area contributed by atoms with Crippen molar-refractivity contribution in [3.8, 4) is 0 Å². The van der Waals surface area contributed by atoms with E-state index in [9.17, 15) is 14.4 Å². The second-order valence-corrected chi connectivity index (χ2v) is 3.16. The largest absolute Gasteiger partial charge is 0.481 e. The lowest BCUT2D eigenvalue weighted by atomic mass is 9.95. The van der Waals surface area contributed by atoms with Gasteiger partial charge in [0.15, 0.2) is 11.9 Å². The van der Waals surface area contributed by atoms with Crippen LogP contribution in [-0.4, -0.2) is 50.2 Å². The summed E-state index contributed by atoms with van der Waals surface area (Å²) < 4.78 is 4.52. The summed E-state index contributed by atoms with van der Waals surface area (Å²) in [4.78, 5) is 31.8. The van der Waals surface area contributed by atoms with E-state index in [2.05, 4.69) is 4.74 Å². The molecule has 1 unspecified atom stereocenters. The van der Waals surface area contributed by atoms with Crippen LogP contribution in [0, 0.1) is 0 Å². The second-order valence-electron chi connectivity index (χ2n) is 3.16. The highest BCUT2D eigenvalue weighted by atomic mass is 16.6. The van der Waals surface area contributed by atoms with Gasteiger partial charge in [-0.25, -0.2) is 4.79 Å². The number of hydrogen-bond acceptors (Lipinski definition) is 5. The Labute approximate surface area is 90.1 Å². The van der Waals surface area contributed by atoms with Crippen molar-refractivity contribution in [2.45, 2.75) is 31.7 Å². The maximum Gasteiger partial charge on any atom is 0.337 e. The van der Waals surface area contributed by atoms with Crippen molar-refractivity contribution < 1.29 is 39.5 Å². The number of aliphatic hydroxyl groups is 1. The van der Waals surface area contributed by atoms with E-state index in [-0.39, 0.29) is 0 Å². The Morgan fingerprint density at radius 3 is 1.69 bits per heavy atom. The zero-order chi connectivity index (χ0) is 12.9. The fourth-order valence-corrected chi connectivity index (χ4v) is 1.16. The van der Waals surface area contributed by atoms with Gasteiger partial charge < -0.3 is 25.2 Å². The highest BCUT2D eigenvalue weighted by Gasteiger charge is 2.45. The molecule has 0 radical (unpaired) electrons. The van der Waals surface area contributed by atoms with Crippen LogP contribution in [-0.2, 0) is 19.1 Å². The molecule has 0 aliphatic heterocycles. The zero-order valence-corrected chi connectivity index (χ0v) is 8.41. The molecule has 0 aromatic rings. The summed E-state index contributed by atoms with van der Waals surface area (Å²) in [5.41, 5.74) is -2.47. The first kappa shape index (κ1) is 14.3. The van der Waals surface area contributed by atoms with E-state index in [1.54, 1.807) is 0 Å². The summed E-state index contributed by atoms with van der Waals surface area (Å²) in [6.45, 7) is 1.06. The smallest absolute Gasteiger partial charge is 0.337 e. The summed E-state index contributed by atoms with van der Waals surface area (Å²) >= 11 is 0. The third-order valence-electron chi connectivity index (χ3n) is 1.66. The van der Waals surface area contributed by atoms with Crippen LogP contribution < -0.4 is 0 Å². The summed E-state index contributed by atoms with van der Waals surface area (Å²) in [6.07, 6.45) is -3.70. The molecule has 0 aliphatic rings. The number of carboxylic acid groups (broad SMARTS) is 3. The Hall–Kier alpha value is -1.67. The summed E-state index contributed by atoms with van der Waals surface area (Å²) in [5.74, 6) is -4.83. The highest BCUT2D eigenvalue weighted by Crippen LogP contribution is 2.23. The molecule has 0 fully saturated rings. The van der Waals surface area contributed by atoms with Gasteiger partial charge >= 0.3 is 17.9 Å². The molecule has 8 heteroatoms.